The highest BCUT2D eigenvalue weighted by atomic mass is 35.5. The average Bonchev–Trinajstić information content (AvgIpc) is 2.73. The SMILES string of the molecule is CCC(C(=O)NC)N(Cc1ccccc1)C(=O)CN(c1ccc(F)c(Cl)c1)S(C)(=O)=O. The standard InChI is InChI=1S/C21H25ClFN3O4S/c1-4-19(21(28)24-2)25(13-15-8-6-5-7-9-15)20(27)14-26(31(3,29)30)16-10-11-18(23)17(22)12-16/h5-12,19H,4,13-14H2,1-3H3,(H,24,28). The average molecular weight is 470 g/mol. The van der Waals surface area contributed by atoms with Gasteiger partial charge in [-0.25, -0.2) is 12.8 Å². The van der Waals surface area contributed by atoms with Crippen molar-refractivity contribution in [3.8, 4) is 0 Å². The third-order valence-electron chi connectivity index (χ3n) is 4.70. The molecular formula is C21H25ClFN3O4S. The number of rotatable bonds is 9. The Hall–Kier alpha value is -2.65. The molecule has 0 saturated carbocycles. The Morgan fingerprint density at radius 1 is 1.16 bits per heavy atom. The largest absolute Gasteiger partial charge is 0.357 e. The van der Waals surface area contributed by atoms with E-state index in [9.17, 15) is 22.4 Å². The lowest BCUT2D eigenvalue weighted by Crippen LogP contribution is -2.51. The summed E-state index contributed by atoms with van der Waals surface area (Å²) in [5.41, 5.74) is 0.837. The summed E-state index contributed by atoms with van der Waals surface area (Å²) < 4.78 is 39.2. The molecule has 1 atom stereocenters. The van der Waals surface area contributed by atoms with Crippen LogP contribution in [0.25, 0.3) is 0 Å². The molecule has 31 heavy (non-hydrogen) atoms. The molecular weight excluding hydrogens is 445 g/mol. The van der Waals surface area contributed by atoms with Gasteiger partial charge in [-0.2, -0.15) is 0 Å². The molecule has 0 radical (unpaired) electrons. The molecule has 168 valence electrons. The van der Waals surface area contributed by atoms with Gasteiger partial charge in [-0.3, -0.25) is 13.9 Å². The summed E-state index contributed by atoms with van der Waals surface area (Å²) >= 11 is 5.80. The van der Waals surface area contributed by atoms with E-state index in [4.69, 9.17) is 11.6 Å². The van der Waals surface area contributed by atoms with Crippen molar-refractivity contribution in [3.63, 3.8) is 0 Å². The Morgan fingerprint density at radius 2 is 1.81 bits per heavy atom. The maximum atomic E-state index is 13.6. The van der Waals surface area contributed by atoms with E-state index in [1.54, 1.807) is 6.92 Å². The Kier molecular flexibility index (Phi) is 8.41. The van der Waals surface area contributed by atoms with Crippen molar-refractivity contribution in [1.82, 2.24) is 10.2 Å². The van der Waals surface area contributed by atoms with E-state index >= 15 is 0 Å². The molecule has 7 nitrogen and oxygen atoms in total. The number of amides is 2. The Morgan fingerprint density at radius 3 is 2.32 bits per heavy atom. The molecule has 1 N–H and O–H groups in total. The van der Waals surface area contributed by atoms with Gasteiger partial charge in [-0.1, -0.05) is 48.9 Å². The second kappa shape index (κ2) is 10.6. The van der Waals surface area contributed by atoms with Gasteiger partial charge in [0.1, 0.15) is 18.4 Å². The molecule has 0 heterocycles. The number of hydrogen-bond donors (Lipinski definition) is 1. The number of hydrogen-bond acceptors (Lipinski definition) is 4. The van der Waals surface area contributed by atoms with E-state index in [-0.39, 0.29) is 23.2 Å². The fourth-order valence-corrected chi connectivity index (χ4v) is 4.14. The number of benzene rings is 2. The summed E-state index contributed by atoms with van der Waals surface area (Å²) in [7, 11) is -2.43. The molecule has 2 amide bonds. The van der Waals surface area contributed by atoms with Gasteiger partial charge in [-0.15, -0.1) is 0 Å². The number of nitrogens with one attached hydrogen (secondary N) is 1. The van der Waals surface area contributed by atoms with Gasteiger partial charge in [0.25, 0.3) is 0 Å². The first kappa shape index (κ1) is 24.6. The number of likely N-dealkylation sites (N-methyl/N-ethyl adjacent to an activating group) is 1. The summed E-state index contributed by atoms with van der Waals surface area (Å²) in [6.45, 7) is 1.31. The van der Waals surface area contributed by atoms with Crippen molar-refractivity contribution in [3.05, 3.63) is 64.9 Å². The second-order valence-corrected chi connectivity index (χ2v) is 9.23. The minimum Gasteiger partial charge on any atom is -0.357 e. The van der Waals surface area contributed by atoms with Crippen LogP contribution in [0.5, 0.6) is 0 Å². The Labute approximate surface area is 186 Å². The first-order valence-electron chi connectivity index (χ1n) is 9.56. The lowest BCUT2D eigenvalue weighted by molar-refractivity contribution is -0.140. The molecule has 0 aliphatic heterocycles. The van der Waals surface area contributed by atoms with Gasteiger partial charge >= 0.3 is 0 Å². The van der Waals surface area contributed by atoms with Gasteiger partial charge in [0.2, 0.25) is 21.8 Å². The Balaban J connectivity index is 2.42. The van der Waals surface area contributed by atoms with Crippen molar-refractivity contribution in [1.29, 1.82) is 0 Å². The van der Waals surface area contributed by atoms with Crippen LogP contribution in [0, 0.1) is 5.82 Å². The first-order chi connectivity index (χ1) is 14.6. The van der Waals surface area contributed by atoms with Crippen LogP contribution in [-0.4, -0.2) is 51.0 Å². The highest BCUT2D eigenvalue weighted by Gasteiger charge is 2.31. The molecule has 0 saturated heterocycles. The summed E-state index contributed by atoms with van der Waals surface area (Å²) in [5, 5.41) is 2.28. The monoisotopic (exact) mass is 469 g/mol. The van der Waals surface area contributed by atoms with E-state index in [0.29, 0.717) is 6.42 Å². The normalized spacial score (nSPS) is 12.2. The van der Waals surface area contributed by atoms with Gasteiger partial charge in [-0.05, 0) is 30.2 Å². The molecule has 1 unspecified atom stereocenters. The number of carbonyl (C=O) groups is 2. The van der Waals surface area contributed by atoms with Crippen LogP contribution in [0.1, 0.15) is 18.9 Å². The summed E-state index contributed by atoms with van der Waals surface area (Å²) in [5.74, 6) is -1.64. The highest BCUT2D eigenvalue weighted by Crippen LogP contribution is 2.25. The van der Waals surface area contributed by atoms with Crippen molar-refractivity contribution in [2.45, 2.75) is 25.9 Å². The molecule has 0 bridgehead atoms. The maximum Gasteiger partial charge on any atom is 0.244 e. The molecule has 0 aliphatic carbocycles. The van der Waals surface area contributed by atoms with E-state index < -0.39 is 34.3 Å². The van der Waals surface area contributed by atoms with Gasteiger partial charge in [0.15, 0.2) is 0 Å². The van der Waals surface area contributed by atoms with Gasteiger partial charge in [0, 0.05) is 13.6 Å². The molecule has 10 heteroatoms. The van der Waals surface area contributed by atoms with E-state index in [1.165, 1.54) is 18.0 Å². The topological polar surface area (TPSA) is 86.8 Å². The summed E-state index contributed by atoms with van der Waals surface area (Å²) in [6, 6.07) is 11.7. The zero-order valence-corrected chi connectivity index (χ0v) is 19.1. The van der Waals surface area contributed by atoms with Crippen LogP contribution < -0.4 is 9.62 Å². The van der Waals surface area contributed by atoms with Crippen LogP contribution in [0.2, 0.25) is 5.02 Å². The first-order valence-corrected chi connectivity index (χ1v) is 11.8. The lowest BCUT2D eigenvalue weighted by Gasteiger charge is -2.32. The van der Waals surface area contributed by atoms with Crippen LogP contribution in [0.4, 0.5) is 10.1 Å². The zero-order valence-electron chi connectivity index (χ0n) is 17.5. The van der Waals surface area contributed by atoms with E-state index in [2.05, 4.69) is 5.32 Å². The van der Waals surface area contributed by atoms with Crippen molar-refractivity contribution in [2.75, 3.05) is 24.2 Å². The van der Waals surface area contributed by atoms with Crippen molar-refractivity contribution >= 4 is 39.1 Å². The van der Waals surface area contributed by atoms with E-state index in [1.807, 2.05) is 30.3 Å². The smallest absolute Gasteiger partial charge is 0.244 e. The van der Waals surface area contributed by atoms with Crippen LogP contribution in [0.3, 0.4) is 0 Å². The molecule has 2 aromatic carbocycles. The van der Waals surface area contributed by atoms with E-state index in [0.717, 1.165) is 28.3 Å². The second-order valence-electron chi connectivity index (χ2n) is 6.91. The molecule has 0 aliphatic rings. The van der Waals surface area contributed by atoms with Crippen molar-refractivity contribution < 1.29 is 22.4 Å². The third kappa shape index (κ3) is 6.41. The fraction of sp³-hybridized carbons (Fsp3) is 0.333. The molecule has 0 fully saturated rings. The number of halogens is 2. The molecule has 2 rings (SSSR count). The predicted molar refractivity (Wildman–Crippen MR) is 119 cm³/mol. The summed E-state index contributed by atoms with van der Waals surface area (Å²) in [6.07, 6.45) is 1.27. The molecule has 0 spiro atoms. The van der Waals surface area contributed by atoms with Crippen LogP contribution in [0.15, 0.2) is 48.5 Å². The minimum atomic E-state index is -3.90. The Bertz CT molecular complexity index is 1030. The number of carbonyl (C=O) groups excluding carboxylic acids is 2. The quantitative estimate of drug-likeness (QED) is 0.611. The predicted octanol–water partition coefficient (Wildman–Crippen LogP) is 2.80. The fourth-order valence-electron chi connectivity index (χ4n) is 3.12. The summed E-state index contributed by atoms with van der Waals surface area (Å²) in [4.78, 5) is 27.0. The lowest BCUT2D eigenvalue weighted by atomic mass is 10.1. The maximum absolute atomic E-state index is 13.6. The highest BCUT2D eigenvalue weighted by molar-refractivity contribution is 7.92. The van der Waals surface area contributed by atoms with Crippen LogP contribution in [-0.2, 0) is 26.2 Å². The van der Waals surface area contributed by atoms with Gasteiger partial charge < -0.3 is 10.2 Å². The number of sulfonamides is 1. The number of anilines is 1. The molecule has 0 aromatic heterocycles. The minimum absolute atomic E-state index is 0.0508. The zero-order chi connectivity index (χ0) is 23.2. The molecule has 2 aromatic rings. The van der Waals surface area contributed by atoms with Crippen LogP contribution >= 0.6 is 11.6 Å². The van der Waals surface area contributed by atoms with Gasteiger partial charge in [0.05, 0.1) is 17.0 Å². The van der Waals surface area contributed by atoms with Crippen molar-refractivity contribution in [2.24, 2.45) is 0 Å². The number of nitrogens with zero attached hydrogens (tertiary/aromatic N) is 2. The third-order valence-corrected chi connectivity index (χ3v) is 6.13.